The van der Waals surface area contributed by atoms with Crippen LogP contribution in [0.1, 0.15) is 27.3 Å². The van der Waals surface area contributed by atoms with Crippen LogP contribution in [0.25, 0.3) is 16.8 Å². The zero-order chi connectivity index (χ0) is 29.5. The van der Waals surface area contributed by atoms with Crippen molar-refractivity contribution in [1.82, 2.24) is 14.7 Å². The molecule has 1 aliphatic heterocycles. The summed E-state index contributed by atoms with van der Waals surface area (Å²) >= 11 is 0. The topological polar surface area (TPSA) is 87.5 Å². The van der Waals surface area contributed by atoms with Gasteiger partial charge in [-0.05, 0) is 67.5 Å². The molecule has 0 unspecified atom stereocenters. The summed E-state index contributed by atoms with van der Waals surface area (Å²) in [5, 5.41) is 3.80. The van der Waals surface area contributed by atoms with Gasteiger partial charge in [-0.1, -0.05) is 42.5 Å². The molecule has 0 spiro atoms. The van der Waals surface area contributed by atoms with Gasteiger partial charge in [-0.2, -0.15) is 18.3 Å². The van der Waals surface area contributed by atoms with Gasteiger partial charge >= 0.3 is 6.18 Å². The van der Waals surface area contributed by atoms with Gasteiger partial charge in [-0.15, -0.1) is 0 Å². The van der Waals surface area contributed by atoms with Crippen LogP contribution >= 0.6 is 0 Å². The number of sulfonamides is 1. The number of carbonyl (C=O) groups is 1. The first-order valence-electron chi connectivity index (χ1n) is 12.7. The average Bonchev–Trinajstić information content (AvgIpc) is 3.30. The SMILES string of the molecule is CN(C)Cc1ccccc1-c1ccc(N2CCc3c(C(F)(F)F)nn(-c4cccc(NS(C)(=O)=O)c4)c3C2=O)cc1. The molecule has 41 heavy (non-hydrogen) atoms. The minimum atomic E-state index is -4.78. The van der Waals surface area contributed by atoms with E-state index in [1.54, 1.807) is 12.1 Å². The van der Waals surface area contributed by atoms with Gasteiger partial charge in [-0.3, -0.25) is 9.52 Å². The number of halogens is 3. The highest BCUT2D eigenvalue weighted by Gasteiger charge is 2.43. The second kappa shape index (κ2) is 10.7. The predicted molar refractivity (Wildman–Crippen MR) is 152 cm³/mol. The summed E-state index contributed by atoms with van der Waals surface area (Å²) in [6.07, 6.45) is -3.86. The van der Waals surface area contributed by atoms with Crippen molar-refractivity contribution in [3.05, 3.63) is 95.3 Å². The van der Waals surface area contributed by atoms with Crippen molar-refractivity contribution >= 4 is 27.3 Å². The summed E-state index contributed by atoms with van der Waals surface area (Å²) < 4.78 is 68.6. The molecule has 12 heteroatoms. The van der Waals surface area contributed by atoms with Gasteiger partial charge in [-0.25, -0.2) is 13.1 Å². The molecule has 0 fully saturated rings. The lowest BCUT2D eigenvalue weighted by Crippen LogP contribution is -2.39. The van der Waals surface area contributed by atoms with Crippen LogP contribution in [0, 0.1) is 0 Å². The third kappa shape index (κ3) is 5.98. The number of carbonyl (C=O) groups excluding carboxylic acids is 1. The molecule has 0 aliphatic carbocycles. The van der Waals surface area contributed by atoms with Crippen molar-refractivity contribution in [2.24, 2.45) is 0 Å². The lowest BCUT2D eigenvalue weighted by molar-refractivity contribution is -0.141. The van der Waals surface area contributed by atoms with Gasteiger partial charge in [0.05, 0.1) is 17.6 Å². The summed E-state index contributed by atoms with van der Waals surface area (Å²) in [6, 6.07) is 21.1. The second-order valence-corrected chi connectivity index (χ2v) is 11.9. The maximum absolute atomic E-state index is 14.0. The first kappa shape index (κ1) is 28.4. The first-order valence-corrected chi connectivity index (χ1v) is 14.6. The highest BCUT2D eigenvalue weighted by atomic mass is 32.2. The average molecular weight is 584 g/mol. The molecule has 2 heterocycles. The highest BCUT2D eigenvalue weighted by molar-refractivity contribution is 7.92. The van der Waals surface area contributed by atoms with Gasteiger partial charge in [0.2, 0.25) is 10.0 Å². The molecule has 0 radical (unpaired) electrons. The zero-order valence-corrected chi connectivity index (χ0v) is 23.4. The zero-order valence-electron chi connectivity index (χ0n) is 22.6. The molecule has 3 aromatic carbocycles. The Morgan fingerprint density at radius 3 is 2.34 bits per heavy atom. The van der Waals surface area contributed by atoms with Crippen LogP contribution in [-0.2, 0) is 29.2 Å². The number of hydrogen-bond donors (Lipinski definition) is 1. The van der Waals surface area contributed by atoms with E-state index in [0.29, 0.717) is 5.69 Å². The van der Waals surface area contributed by atoms with Gasteiger partial charge in [0, 0.05) is 24.3 Å². The minimum Gasteiger partial charge on any atom is -0.307 e. The molecule has 1 N–H and O–H groups in total. The molecule has 0 atom stereocenters. The van der Waals surface area contributed by atoms with E-state index in [1.807, 2.05) is 44.4 Å². The van der Waals surface area contributed by atoms with Gasteiger partial charge < -0.3 is 9.80 Å². The number of rotatable bonds is 7. The van der Waals surface area contributed by atoms with Crippen molar-refractivity contribution in [2.75, 3.05) is 36.5 Å². The molecule has 8 nitrogen and oxygen atoms in total. The van der Waals surface area contributed by atoms with Crippen molar-refractivity contribution in [3.8, 4) is 16.8 Å². The summed E-state index contributed by atoms with van der Waals surface area (Å²) in [7, 11) is 0.342. The Hall–Kier alpha value is -4.16. The van der Waals surface area contributed by atoms with E-state index in [4.69, 9.17) is 0 Å². The standard InChI is InChI=1S/C29H28F3N5O3S/c1-35(2)18-20-7-4-5-10-24(20)19-11-13-22(14-12-19)36-16-15-25-26(28(36)38)37(33-27(25)29(30,31)32)23-9-6-8-21(17-23)34-41(3,39)40/h4-14,17,34H,15-16,18H2,1-3H3. The Bertz CT molecular complexity index is 1710. The molecule has 0 bridgehead atoms. The maximum atomic E-state index is 14.0. The van der Waals surface area contributed by atoms with E-state index >= 15 is 0 Å². The lowest BCUT2D eigenvalue weighted by Gasteiger charge is -2.28. The highest BCUT2D eigenvalue weighted by Crippen LogP contribution is 2.37. The van der Waals surface area contributed by atoms with Gasteiger partial charge in [0.1, 0.15) is 5.69 Å². The number of amides is 1. The fourth-order valence-corrected chi connectivity index (χ4v) is 5.59. The van der Waals surface area contributed by atoms with E-state index in [-0.39, 0.29) is 35.6 Å². The van der Waals surface area contributed by atoms with E-state index in [1.165, 1.54) is 29.2 Å². The number of aromatic nitrogens is 2. The Kier molecular flexibility index (Phi) is 7.39. The van der Waals surface area contributed by atoms with Crippen LogP contribution in [0.3, 0.4) is 0 Å². The molecule has 0 saturated heterocycles. The normalized spacial score (nSPS) is 13.9. The largest absolute Gasteiger partial charge is 0.435 e. The van der Waals surface area contributed by atoms with Crippen LogP contribution < -0.4 is 9.62 Å². The van der Waals surface area contributed by atoms with Crippen LogP contribution in [-0.4, -0.2) is 55.9 Å². The van der Waals surface area contributed by atoms with Crippen molar-refractivity contribution < 1.29 is 26.4 Å². The number of nitrogens with one attached hydrogen (secondary N) is 1. The molecule has 0 saturated carbocycles. The Morgan fingerprint density at radius 2 is 1.68 bits per heavy atom. The summed E-state index contributed by atoms with van der Waals surface area (Å²) in [5.74, 6) is -0.628. The lowest BCUT2D eigenvalue weighted by atomic mass is 9.98. The molecular formula is C29H28F3N5O3S. The molecule has 1 amide bonds. The summed E-state index contributed by atoms with van der Waals surface area (Å²) in [5.41, 5.74) is 2.42. The van der Waals surface area contributed by atoms with Crippen LogP contribution in [0.15, 0.2) is 72.8 Å². The number of anilines is 2. The Morgan fingerprint density at radius 1 is 0.976 bits per heavy atom. The number of benzene rings is 3. The van der Waals surface area contributed by atoms with Crippen molar-refractivity contribution in [3.63, 3.8) is 0 Å². The molecule has 4 aromatic rings. The summed E-state index contributed by atoms with van der Waals surface area (Å²) in [6.45, 7) is 0.796. The maximum Gasteiger partial charge on any atom is 0.435 e. The van der Waals surface area contributed by atoms with E-state index < -0.39 is 27.8 Å². The van der Waals surface area contributed by atoms with Crippen molar-refractivity contribution in [1.29, 1.82) is 0 Å². The number of fused-ring (bicyclic) bond motifs is 1. The fraction of sp³-hybridized carbons (Fsp3) is 0.241. The number of hydrogen-bond acceptors (Lipinski definition) is 5. The summed E-state index contributed by atoms with van der Waals surface area (Å²) in [4.78, 5) is 17.3. The fourth-order valence-electron chi connectivity index (χ4n) is 5.04. The minimum absolute atomic E-state index is 0.0485. The van der Waals surface area contributed by atoms with Gasteiger partial charge in [0.15, 0.2) is 5.69 Å². The molecule has 214 valence electrons. The van der Waals surface area contributed by atoms with Crippen LogP contribution in [0.4, 0.5) is 24.5 Å². The van der Waals surface area contributed by atoms with Gasteiger partial charge in [0.25, 0.3) is 5.91 Å². The van der Waals surface area contributed by atoms with E-state index in [9.17, 15) is 26.4 Å². The Balaban J connectivity index is 1.53. The number of alkyl halides is 3. The monoisotopic (exact) mass is 583 g/mol. The molecule has 1 aliphatic rings. The number of nitrogens with zero attached hydrogens (tertiary/aromatic N) is 4. The third-order valence-electron chi connectivity index (χ3n) is 6.67. The molecular weight excluding hydrogens is 555 g/mol. The van der Waals surface area contributed by atoms with Crippen molar-refractivity contribution in [2.45, 2.75) is 19.1 Å². The van der Waals surface area contributed by atoms with Crippen LogP contribution in [0.5, 0.6) is 0 Å². The second-order valence-electron chi connectivity index (χ2n) is 10.2. The van der Waals surface area contributed by atoms with Crippen LogP contribution in [0.2, 0.25) is 0 Å². The smallest absolute Gasteiger partial charge is 0.307 e. The molecule has 5 rings (SSSR count). The first-order chi connectivity index (χ1) is 19.3. The molecule has 1 aromatic heterocycles. The quantitative estimate of drug-likeness (QED) is 0.324. The van der Waals surface area contributed by atoms with E-state index in [2.05, 4.69) is 20.8 Å². The third-order valence-corrected chi connectivity index (χ3v) is 7.28. The Labute approximate surface area is 236 Å². The predicted octanol–water partition coefficient (Wildman–Crippen LogP) is 5.19. The van der Waals surface area contributed by atoms with E-state index in [0.717, 1.165) is 34.2 Å².